The summed E-state index contributed by atoms with van der Waals surface area (Å²) in [5, 5.41) is 12.0. The average Bonchev–Trinajstić information content (AvgIpc) is 2.25. The first-order valence-electron chi connectivity index (χ1n) is 6.26. The largest absolute Gasteiger partial charge is 0.320 e. The summed E-state index contributed by atoms with van der Waals surface area (Å²) in [6.45, 7) is 7.42. The Kier molecular flexibility index (Phi) is 8.23. The Morgan fingerprint density at radius 3 is 2.38 bits per heavy atom. The van der Waals surface area contributed by atoms with Gasteiger partial charge in [0.2, 0.25) is 0 Å². The van der Waals surface area contributed by atoms with Gasteiger partial charge in [-0.2, -0.15) is 5.26 Å². The molecule has 0 amide bonds. The second kappa shape index (κ2) is 8.55. The van der Waals surface area contributed by atoms with E-state index in [1.54, 1.807) is 0 Å². The molecule has 94 valence electrons. The molecule has 0 bridgehead atoms. The van der Waals surface area contributed by atoms with Crippen LogP contribution in [0.4, 0.5) is 0 Å². The molecule has 0 saturated heterocycles. The average molecular weight is 225 g/mol. The molecule has 0 aliphatic carbocycles. The lowest BCUT2D eigenvalue weighted by Gasteiger charge is -2.18. The molecule has 0 rings (SSSR count). The molecule has 16 heavy (non-hydrogen) atoms. The van der Waals surface area contributed by atoms with Gasteiger partial charge in [0.15, 0.2) is 0 Å². The van der Waals surface area contributed by atoms with Crippen molar-refractivity contribution in [1.82, 2.24) is 10.2 Å². The molecule has 0 aromatic heterocycles. The van der Waals surface area contributed by atoms with E-state index >= 15 is 0 Å². The minimum absolute atomic E-state index is 0.148. The van der Waals surface area contributed by atoms with Crippen LogP contribution in [0.15, 0.2) is 0 Å². The van der Waals surface area contributed by atoms with E-state index in [0.29, 0.717) is 0 Å². The van der Waals surface area contributed by atoms with E-state index in [1.807, 2.05) is 20.9 Å². The highest BCUT2D eigenvalue weighted by atomic mass is 15.1. The van der Waals surface area contributed by atoms with Crippen molar-refractivity contribution in [3.63, 3.8) is 0 Å². The van der Waals surface area contributed by atoms with Crippen LogP contribution >= 0.6 is 0 Å². The highest BCUT2D eigenvalue weighted by Gasteiger charge is 2.15. The van der Waals surface area contributed by atoms with Crippen LogP contribution < -0.4 is 5.32 Å². The molecule has 0 fully saturated rings. The Morgan fingerprint density at radius 1 is 1.19 bits per heavy atom. The van der Waals surface area contributed by atoms with Crippen molar-refractivity contribution in [2.75, 3.05) is 33.7 Å². The van der Waals surface area contributed by atoms with Crippen LogP contribution in [0.1, 0.15) is 39.5 Å². The third-order valence-corrected chi connectivity index (χ3v) is 2.86. The molecule has 0 radical (unpaired) electrons. The molecular formula is C13H27N3. The number of hydrogen-bond donors (Lipinski definition) is 1. The highest BCUT2D eigenvalue weighted by molar-refractivity contribution is 4.91. The monoisotopic (exact) mass is 225 g/mol. The number of rotatable bonds is 9. The summed E-state index contributed by atoms with van der Waals surface area (Å²) in [7, 11) is 4.16. The van der Waals surface area contributed by atoms with Crippen molar-refractivity contribution < 1.29 is 0 Å². The predicted molar refractivity (Wildman–Crippen MR) is 69.3 cm³/mol. The Morgan fingerprint density at radius 2 is 1.81 bits per heavy atom. The first kappa shape index (κ1) is 15.4. The normalized spacial score (nSPS) is 11.8. The summed E-state index contributed by atoms with van der Waals surface area (Å²) >= 11 is 0. The number of unbranched alkanes of at least 4 members (excludes halogenated alkanes) is 1. The summed E-state index contributed by atoms with van der Waals surface area (Å²) in [5.41, 5.74) is -0.148. The van der Waals surface area contributed by atoms with Crippen LogP contribution in [-0.4, -0.2) is 38.6 Å². The van der Waals surface area contributed by atoms with Crippen molar-refractivity contribution >= 4 is 0 Å². The molecule has 0 saturated carbocycles. The Hall–Kier alpha value is -0.590. The van der Waals surface area contributed by atoms with Gasteiger partial charge < -0.3 is 10.2 Å². The maximum Gasteiger partial charge on any atom is 0.0683 e. The molecule has 0 spiro atoms. The SMILES string of the molecule is CNCCCN(C)CCCCC(C)(C)C#N. The molecule has 0 aliphatic heterocycles. The van der Waals surface area contributed by atoms with Gasteiger partial charge in [0.05, 0.1) is 11.5 Å². The molecule has 3 heteroatoms. The van der Waals surface area contributed by atoms with E-state index in [2.05, 4.69) is 23.3 Å². The van der Waals surface area contributed by atoms with E-state index in [0.717, 1.165) is 32.5 Å². The van der Waals surface area contributed by atoms with Gasteiger partial charge in [-0.3, -0.25) is 0 Å². The van der Waals surface area contributed by atoms with E-state index in [9.17, 15) is 0 Å². The lowest BCUT2D eigenvalue weighted by atomic mass is 9.89. The van der Waals surface area contributed by atoms with Gasteiger partial charge in [-0.1, -0.05) is 6.42 Å². The fourth-order valence-electron chi connectivity index (χ4n) is 1.64. The van der Waals surface area contributed by atoms with Gasteiger partial charge in [-0.05, 0) is 66.8 Å². The van der Waals surface area contributed by atoms with Gasteiger partial charge in [-0.15, -0.1) is 0 Å². The summed E-state index contributed by atoms with van der Waals surface area (Å²) in [5.74, 6) is 0. The van der Waals surface area contributed by atoms with Crippen LogP contribution in [0.2, 0.25) is 0 Å². The van der Waals surface area contributed by atoms with E-state index in [1.165, 1.54) is 12.8 Å². The summed E-state index contributed by atoms with van der Waals surface area (Å²) in [6.07, 6.45) is 4.56. The highest BCUT2D eigenvalue weighted by Crippen LogP contribution is 2.21. The zero-order valence-corrected chi connectivity index (χ0v) is 11.3. The molecule has 0 aromatic carbocycles. The zero-order valence-electron chi connectivity index (χ0n) is 11.3. The summed E-state index contributed by atoms with van der Waals surface area (Å²) in [4.78, 5) is 2.37. The van der Waals surface area contributed by atoms with Crippen molar-refractivity contribution in [1.29, 1.82) is 5.26 Å². The van der Waals surface area contributed by atoms with Gasteiger partial charge in [0, 0.05) is 0 Å². The van der Waals surface area contributed by atoms with Crippen molar-refractivity contribution in [3.8, 4) is 6.07 Å². The van der Waals surface area contributed by atoms with Crippen LogP contribution in [0.25, 0.3) is 0 Å². The van der Waals surface area contributed by atoms with Gasteiger partial charge in [-0.25, -0.2) is 0 Å². The maximum absolute atomic E-state index is 8.88. The molecule has 0 atom stereocenters. The number of hydrogen-bond acceptors (Lipinski definition) is 3. The third-order valence-electron chi connectivity index (χ3n) is 2.86. The van der Waals surface area contributed by atoms with Gasteiger partial charge in [0.1, 0.15) is 0 Å². The third kappa shape index (κ3) is 8.70. The van der Waals surface area contributed by atoms with Crippen molar-refractivity contribution in [2.24, 2.45) is 5.41 Å². The van der Waals surface area contributed by atoms with Crippen LogP contribution in [-0.2, 0) is 0 Å². The molecule has 0 heterocycles. The minimum atomic E-state index is -0.148. The quantitative estimate of drug-likeness (QED) is 0.612. The number of nitriles is 1. The topological polar surface area (TPSA) is 39.1 Å². The first-order chi connectivity index (χ1) is 7.52. The molecule has 0 aromatic rings. The lowest BCUT2D eigenvalue weighted by Crippen LogP contribution is -2.24. The molecule has 0 unspecified atom stereocenters. The molecule has 3 nitrogen and oxygen atoms in total. The second-order valence-corrected chi connectivity index (χ2v) is 5.21. The standard InChI is InChI=1S/C13H27N3/c1-13(2,12-14)8-5-6-10-16(4)11-7-9-15-3/h15H,5-11H2,1-4H3. The summed E-state index contributed by atoms with van der Waals surface area (Å²) in [6, 6.07) is 2.35. The number of nitrogens with one attached hydrogen (secondary N) is 1. The van der Waals surface area contributed by atoms with E-state index < -0.39 is 0 Å². The van der Waals surface area contributed by atoms with E-state index in [-0.39, 0.29) is 5.41 Å². The van der Waals surface area contributed by atoms with Crippen molar-refractivity contribution in [2.45, 2.75) is 39.5 Å². The van der Waals surface area contributed by atoms with Crippen LogP contribution in [0, 0.1) is 16.7 Å². The Bertz CT molecular complexity index is 206. The van der Waals surface area contributed by atoms with Crippen molar-refractivity contribution in [3.05, 3.63) is 0 Å². The lowest BCUT2D eigenvalue weighted by molar-refractivity contribution is 0.309. The van der Waals surface area contributed by atoms with Crippen LogP contribution in [0.5, 0.6) is 0 Å². The van der Waals surface area contributed by atoms with Gasteiger partial charge in [0.25, 0.3) is 0 Å². The zero-order chi connectivity index (χ0) is 12.4. The van der Waals surface area contributed by atoms with Gasteiger partial charge >= 0.3 is 0 Å². The fraction of sp³-hybridized carbons (Fsp3) is 0.923. The predicted octanol–water partition coefficient (Wildman–Crippen LogP) is 2.25. The number of nitrogens with zero attached hydrogens (tertiary/aromatic N) is 2. The maximum atomic E-state index is 8.88. The Balaban J connectivity index is 3.41. The summed E-state index contributed by atoms with van der Waals surface area (Å²) < 4.78 is 0. The Labute approximate surface area is 101 Å². The fourth-order valence-corrected chi connectivity index (χ4v) is 1.64. The second-order valence-electron chi connectivity index (χ2n) is 5.21. The smallest absolute Gasteiger partial charge is 0.0683 e. The minimum Gasteiger partial charge on any atom is -0.320 e. The van der Waals surface area contributed by atoms with E-state index in [4.69, 9.17) is 5.26 Å². The molecular weight excluding hydrogens is 198 g/mol. The van der Waals surface area contributed by atoms with Crippen LogP contribution in [0.3, 0.4) is 0 Å². The molecule has 1 N–H and O–H groups in total. The molecule has 0 aliphatic rings. The first-order valence-corrected chi connectivity index (χ1v) is 6.26.